The van der Waals surface area contributed by atoms with E-state index < -0.39 is 47.3 Å². The van der Waals surface area contributed by atoms with Crippen LogP contribution in [0.3, 0.4) is 0 Å². The van der Waals surface area contributed by atoms with E-state index in [1.807, 2.05) is 0 Å². The van der Waals surface area contributed by atoms with Gasteiger partial charge in [0.1, 0.15) is 0 Å². The van der Waals surface area contributed by atoms with E-state index in [4.69, 9.17) is 4.42 Å². The van der Waals surface area contributed by atoms with Gasteiger partial charge >= 0.3 is 18.8 Å². The molecule has 1 amide bonds. The molecular weight excluding hydrogens is 480 g/mol. The summed E-state index contributed by atoms with van der Waals surface area (Å²) in [6.45, 7) is 0. The van der Waals surface area contributed by atoms with Crippen LogP contribution in [0.2, 0.25) is 0 Å². The molecule has 6 nitrogen and oxygen atoms in total. The van der Waals surface area contributed by atoms with Crippen molar-refractivity contribution in [2.45, 2.75) is 18.8 Å². The van der Waals surface area contributed by atoms with Gasteiger partial charge in [0.15, 0.2) is 0 Å². The van der Waals surface area contributed by atoms with E-state index in [0.29, 0.717) is 23.2 Å². The van der Waals surface area contributed by atoms with E-state index in [1.165, 1.54) is 24.3 Å². The van der Waals surface area contributed by atoms with Gasteiger partial charge < -0.3 is 4.42 Å². The van der Waals surface area contributed by atoms with Gasteiger partial charge in [-0.05, 0) is 29.8 Å². The minimum absolute atomic E-state index is 0.200. The van der Waals surface area contributed by atoms with Crippen LogP contribution in [0.15, 0.2) is 52.0 Å². The van der Waals surface area contributed by atoms with Crippen LogP contribution in [-0.4, -0.2) is 34.4 Å². The predicted octanol–water partition coefficient (Wildman–Crippen LogP) is 5.82. The van der Waals surface area contributed by atoms with Crippen molar-refractivity contribution in [1.82, 2.24) is 15.2 Å². The highest BCUT2D eigenvalue weighted by Gasteiger charge is 2.43. The SMILES string of the molecule is CN(/N=C/c1ccc(-c2nnc(C(F)F)o2)cc1)C(=O)c1c(C(F)(F)F)cccc1C(F)(F)F. The highest BCUT2D eigenvalue weighted by molar-refractivity contribution is 5.98. The number of rotatable bonds is 5. The van der Waals surface area contributed by atoms with E-state index in [9.17, 15) is 39.9 Å². The molecule has 0 unspecified atom stereocenters. The van der Waals surface area contributed by atoms with Crippen LogP contribution in [0, 0.1) is 0 Å². The molecule has 0 aliphatic rings. The molecule has 180 valence electrons. The minimum Gasteiger partial charge on any atom is -0.415 e. The molecule has 3 aromatic rings. The molecule has 1 aromatic heterocycles. The van der Waals surface area contributed by atoms with Crippen molar-refractivity contribution in [3.63, 3.8) is 0 Å². The zero-order valence-corrected chi connectivity index (χ0v) is 16.8. The van der Waals surface area contributed by atoms with Crippen molar-refractivity contribution >= 4 is 12.1 Å². The number of amides is 1. The molecular formula is C20H12F8N4O2. The topological polar surface area (TPSA) is 71.6 Å². The Balaban J connectivity index is 1.85. The summed E-state index contributed by atoms with van der Waals surface area (Å²) in [7, 11) is 0.894. The Labute approximate surface area is 185 Å². The average Bonchev–Trinajstić information content (AvgIpc) is 3.26. The second-order valence-corrected chi connectivity index (χ2v) is 6.67. The fourth-order valence-electron chi connectivity index (χ4n) is 2.77. The fraction of sp³-hybridized carbons (Fsp3) is 0.200. The number of hydrazone groups is 1. The number of benzene rings is 2. The van der Waals surface area contributed by atoms with Crippen LogP contribution in [0.1, 0.15) is 39.4 Å². The first-order valence-electron chi connectivity index (χ1n) is 9.10. The molecule has 1 heterocycles. The highest BCUT2D eigenvalue weighted by Crippen LogP contribution is 2.39. The number of carbonyl (C=O) groups excluding carboxylic acids is 1. The molecule has 0 aliphatic heterocycles. The lowest BCUT2D eigenvalue weighted by Crippen LogP contribution is -2.28. The standard InChI is InChI=1S/C20H12F8N4O2/c1-32(18(33)14-12(19(23,24)25)3-2-4-13(14)20(26,27)28)29-9-10-5-7-11(8-6-10)16-30-31-17(34-16)15(21)22/h2-9,15H,1H3/b29-9+. The van der Waals surface area contributed by atoms with Crippen LogP contribution in [0.25, 0.3) is 11.5 Å². The molecule has 0 bridgehead atoms. The van der Waals surface area contributed by atoms with E-state index in [2.05, 4.69) is 15.3 Å². The van der Waals surface area contributed by atoms with Gasteiger partial charge in [-0.1, -0.05) is 18.2 Å². The van der Waals surface area contributed by atoms with Gasteiger partial charge in [-0.15, -0.1) is 10.2 Å². The van der Waals surface area contributed by atoms with Crippen molar-refractivity contribution in [1.29, 1.82) is 0 Å². The Hall–Kier alpha value is -3.84. The van der Waals surface area contributed by atoms with E-state index in [-0.39, 0.29) is 17.0 Å². The van der Waals surface area contributed by atoms with Gasteiger partial charge in [0.2, 0.25) is 5.89 Å². The molecule has 0 saturated heterocycles. The van der Waals surface area contributed by atoms with Gasteiger partial charge in [0, 0.05) is 12.6 Å². The van der Waals surface area contributed by atoms with Gasteiger partial charge in [-0.3, -0.25) is 4.79 Å². The Bertz CT molecular complexity index is 1170. The van der Waals surface area contributed by atoms with Crippen LogP contribution in [0.4, 0.5) is 35.1 Å². The Morgan fingerprint density at radius 3 is 2.00 bits per heavy atom. The lowest BCUT2D eigenvalue weighted by Gasteiger charge is -2.20. The normalized spacial score (nSPS) is 12.5. The fourth-order valence-corrected chi connectivity index (χ4v) is 2.77. The molecule has 2 aromatic carbocycles. The Kier molecular flexibility index (Phi) is 6.70. The van der Waals surface area contributed by atoms with Gasteiger partial charge in [0.05, 0.1) is 22.9 Å². The molecule has 0 spiro atoms. The summed E-state index contributed by atoms with van der Waals surface area (Å²) in [4.78, 5) is 12.5. The highest BCUT2D eigenvalue weighted by atomic mass is 19.4. The van der Waals surface area contributed by atoms with Gasteiger partial charge in [-0.25, -0.2) is 5.01 Å². The Morgan fingerprint density at radius 1 is 0.971 bits per heavy atom. The van der Waals surface area contributed by atoms with Gasteiger partial charge in [0.25, 0.3) is 11.8 Å². The number of nitrogens with zero attached hydrogens (tertiary/aromatic N) is 4. The van der Waals surface area contributed by atoms with Crippen LogP contribution in [-0.2, 0) is 12.4 Å². The average molecular weight is 492 g/mol. The number of alkyl halides is 8. The Morgan fingerprint density at radius 2 is 1.53 bits per heavy atom. The summed E-state index contributed by atoms with van der Waals surface area (Å²) in [6, 6.07) is 6.77. The van der Waals surface area contributed by atoms with E-state index in [1.54, 1.807) is 0 Å². The van der Waals surface area contributed by atoms with Crippen LogP contribution in [0.5, 0.6) is 0 Å². The number of carbonyl (C=O) groups is 1. The molecule has 14 heteroatoms. The van der Waals surface area contributed by atoms with Crippen LogP contribution < -0.4 is 0 Å². The predicted molar refractivity (Wildman–Crippen MR) is 101 cm³/mol. The maximum Gasteiger partial charge on any atom is 0.417 e. The first-order chi connectivity index (χ1) is 15.8. The van der Waals surface area contributed by atoms with E-state index >= 15 is 0 Å². The summed E-state index contributed by atoms with van der Waals surface area (Å²) in [5.74, 6) is -2.70. The smallest absolute Gasteiger partial charge is 0.415 e. The number of hydrogen-bond donors (Lipinski definition) is 0. The van der Waals surface area contributed by atoms with Crippen LogP contribution >= 0.6 is 0 Å². The lowest BCUT2D eigenvalue weighted by molar-refractivity contribution is -0.143. The first kappa shape index (κ1) is 24.8. The largest absolute Gasteiger partial charge is 0.417 e. The second-order valence-electron chi connectivity index (χ2n) is 6.67. The summed E-state index contributed by atoms with van der Waals surface area (Å²) >= 11 is 0. The third kappa shape index (κ3) is 5.38. The summed E-state index contributed by atoms with van der Waals surface area (Å²) in [5.41, 5.74) is -4.54. The second kappa shape index (κ2) is 9.19. The number of aromatic nitrogens is 2. The van der Waals surface area contributed by atoms with Crippen molar-refractivity contribution < 1.29 is 44.3 Å². The summed E-state index contributed by atoms with van der Waals surface area (Å²) in [6.07, 6.45) is -12.4. The van der Waals surface area contributed by atoms with E-state index in [0.717, 1.165) is 13.3 Å². The number of halogens is 8. The third-order valence-electron chi connectivity index (χ3n) is 4.35. The third-order valence-corrected chi connectivity index (χ3v) is 4.35. The molecule has 34 heavy (non-hydrogen) atoms. The summed E-state index contributed by atoms with van der Waals surface area (Å²) < 4.78 is 110. The van der Waals surface area contributed by atoms with Crippen molar-refractivity contribution in [2.24, 2.45) is 5.10 Å². The van der Waals surface area contributed by atoms with Crippen molar-refractivity contribution in [3.8, 4) is 11.5 Å². The zero-order chi connectivity index (χ0) is 25.3. The quantitative estimate of drug-likeness (QED) is 0.256. The molecule has 0 atom stereocenters. The van der Waals surface area contributed by atoms with Crippen molar-refractivity contribution in [3.05, 3.63) is 70.6 Å². The molecule has 0 saturated carbocycles. The zero-order valence-electron chi connectivity index (χ0n) is 16.8. The van der Waals surface area contributed by atoms with Crippen molar-refractivity contribution in [2.75, 3.05) is 7.05 Å². The van der Waals surface area contributed by atoms with Gasteiger partial charge in [-0.2, -0.15) is 40.2 Å². The maximum atomic E-state index is 13.3. The molecule has 0 aliphatic carbocycles. The minimum atomic E-state index is -5.22. The molecule has 0 N–H and O–H groups in total. The number of hydrogen-bond acceptors (Lipinski definition) is 5. The lowest BCUT2D eigenvalue weighted by atomic mass is 9.99. The first-order valence-corrected chi connectivity index (χ1v) is 9.10. The monoisotopic (exact) mass is 492 g/mol. The summed E-state index contributed by atoms with van der Waals surface area (Å²) in [5, 5.41) is 10.6. The molecule has 0 fully saturated rings. The molecule has 3 rings (SSSR count). The molecule has 0 radical (unpaired) electrons. The maximum absolute atomic E-state index is 13.3.